The predicted molar refractivity (Wildman–Crippen MR) is 154 cm³/mol. The van der Waals surface area contributed by atoms with Crippen LogP contribution >= 0.6 is 0 Å². The zero-order valence-electron chi connectivity index (χ0n) is 24.6. The maximum atomic E-state index is 13.7. The van der Waals surface area contributed by atoms with Crippen LogP contribution in [-0.4, -0.2) is 73.1 Å². The average Bonchev–Trinajstić information content (AvgIpc) is 3.33. The number of fused-ring (bicyclic) bond motifs is 1. The van der Waals surface area contributed by atoms with Gasteiger partial charge in [-0.1, -0.05) is 0 Å². The number of nitrogens with zero attached hydrogens (tertiary/aromatic N) is 5. The highest BCUT2D eigenvalue weighted by Gasteiger charge is 2.32. The van der Waals surface area contributed by atoms with Crippen LogP contribution in [0.4, 0.5) is 26.9 Å². The van der Waals surface area contributed by atoms with E-state index in [1.807, 2.05) is 27.7 Å². The highest BCUT2D eigenvalue weighted by molar-refractivity contribution is 5.98. The molecule has 1 saturated heterocycles. The number of aromatic carboxylic acids is 1. The fourth-order valence-corrected chi connectivity index (χ4v) is 4.57. The highest BCUT2D eigenvalue weighted by atomic mass is 16.6. The molecule has 3 aromatic rings. The van der Waals surface area contributed by atoms with Gasteiger partial charge in [0.1, 0.15) is 17.0 Å². The summed E-state index contributed by atoms with van der Waals surface area (Å²) < 4.78 is 12.9. The van der Waals surface area contributed by atoms with Crippen molar-refractivity contribution >= 4 is 41.1 Å². The molecule has 2 aromatic heterocycles. The standard InChI is InChI=1S/C29H38N6O6/c1-18-23(31-20-9-8-16-33(17-20)26(38)40-28(2,3)4)32-22-14-15-30-35(22)24(18)34(27(39)41-29(5,6)7)21-12-10-19(11-13-21)25(36)37/h10-15,20H,8-9,16-17H2,1-7H3,(H,31,32)(H,36,37)/t20-/m0/s1. The average molecular weight is 567 g/mol. The maximum absolute atomic E-state index is 13.7. The molecule has 1 aromatic carbocycles. The Balaban J connectivity index is 1.74. The third-order valence-corrected chi connectivity index (χ3v) is 6.31. The van der Waals surface area contributed by atoms with Gasteiger partial charge in [-0.15, -0.1) is 0 Å². The van der Waals surface area contributed by atoms with Gasteiger partial charge in [0.25, 0.3) is 0 Å². The summed E-state index contributed by atoms with van der Waals surface area (Å²) >= 11 is 0. The Bertz CT molecular complexity index is 1440. The van der Waals surface area contributed by atoms with E-state index in [4.69, 9.17) is 14.5 Å². The summed E-state index contributed by atoms with van der Waals surface area (Å²) in [5, 5.41) is 17.3. The number of aromatic nitrogens is 3. The molecule has 1 fully saturated rings. The number of carbonyl (C=O) groups is 3. The van der Waals surface area contributed by atoms with Crippen LogP contribution in [0, 0.1) is 6.92 Å². The number of carboxylic acid groups (broad SMARTS) is 1. The van der Waals surface area contributed by atoms with Crippen LogP contribution in [0.5, 0.6) is 0 Å². The minimum absolute atomic E-state index is 0.0859. The number of nitrogens with one attached hydrogen (secondary N) is 1. The molecule has 12 heteroatoms. The molecular formula is C29H38N6O6. The van der Waals surface area contributed by atoms with Crippen molar-refractivity contribution < 1.29 is 29.0 Å². The van der Waals surface area contributed by atoms with Gasteiger partial charge in [0.05, 0.1) is 17.4 Å². The molecule has 0 spiro atoms. The molecule has 12 nitrogen and oxygen atoms in total. The van der Waals surface area contributed by atoms with Crippen molar-refractivity contribution in [3.63, 3.8) is 0 Å². The van der Waals surface area contributed by atoms with Gasteiger partial charge in [-0.05, 0) is 85.6 Å². The number of piperidine rings is 1. The first-order valence-corrected chi connectivity index (χ1v) is 13.6. The van der Waals surface area contributed by atoms with Crippen LogP contribution in [0.25, 0.3) is 5.65 Å². The smallest absolute Gasteiger partial charge is 0.420 e. The summed E-state index contributed by atoms with van der Waals surface area (Å²) in [6.07, 6.45) is 2.17. The largest absolute Gasteiger partial charge is 0.478 e. The van der Waals surface area contributed by atoms with Gasteiger partial charge >= 0.3 is 18.2 Å². The third-order valence-electron chi connectivity index (χ3n) is 6.31. The van der Waals surface area contributed by atoms with Crippen molar-refractivity contribution in [2.45, 2.75) is 78.6 Å². The second-order valence-electron chi connectivity index (χ2n) is 12.1. The monoisotopic (exact) mass is 566 g/mol. The predicted octanol–water partition coefficient (Wildman–Crippen LogP) is 5.62. The number of carboxylic acids is 1. The highest BCUT2D eigenvalue weighted by Crippen LogP contribution is 2.34. The second kappa shape index (κ2) is 11.3. The van der Waals surface area contributed by atoms with E-state index in [1.165, 1.54) is 17.0 Å². The number of carbonyl (C=O) groups excluding carboxylic acids is 2. The molecule has 4 rings (SSSR count). The van der Waals surface area contributed by atoms with Crippen molar-refractivity contribution in [2.75, 3.05) is 23.3 Å². The minimum Gasteiger partial charge on any atom is -0.478 e. The van der Waals surface area contributed by atoms with Crippen LogP contribution in [0.3, 0.4) is 0 Å². The normalized spacial score (nSPS) is 15.9. The molecule has 2 amide bonds. The molecular weight excluding hydrogens is 528 g/mol. The molecule has 0 saturated carbocycles. The lowest BCUT2D eigenvalue weighted by atomic mass is 10.1. The van der Waals surface area contributed by atoms with Crippen LogP contribution in [-0.2, 0) is 9.47 Å². The Kier molecular flexibility index (Phi) is 8.14. The van der Waals surface area contributed by atoms with Gasteiger partial charge in [-0.25, -0.2) is 24.3 Å². The third kappa shape index (κ3) is 7.05. The number of rotatable bonds is 5. The van der Waals surface area contributed by atoms with Gasteiger partial charge in [0, 0.05) is 30.8 Å². The molecule has 1 aliphatic rings. The number of ether oxygens (including phenoxy) is 2. The van der Waals surface area contributed by atoms with Crippen molar-refractivity contribution in [1.29, 1.82) is 0 Å². The molecule has 0 aliphatic carbocycles. The molecule has 1 aliphatic heterocycles. The Morgan fingerprint density at radius 1 is 1.02 bits per heavy atom. The lowest BCUT2D eigenvalue weighted by Crippen LogP contribution is -2.47. The van der Waals surface area contributed by atoms with E-state index in [2.05, 4.69) is 10.4 Å². The van der Waals surface area contributed by atoms with E-state index in [9.17, 15) is 19.5 Å². The fourth-order valence-electron chi connectivity index (χ4n) is 4.57. The van der Waals surface area contributed by atoms with Crippen LogP contribution < -0.4 is 10.2 Å². The first-order chi connectivity index (χ1) is 19.1. The maximum Gasteiger partial charge on any atom is 0.420 e. The first kappa shape index (κ1) is 29.6. The van der Waals surface area contributed by atoms with Gasteiger partial charge in [-0.2, -0.15) is 9.61 Å². The molecule has 41 heavy (non-hydrogen) atoms. The van der Waals surface area contributed by atoms with Crippen molar-refractivity contribution in [3.05, 3.63) is 47.7 Å². The SMILES string of the molecule is Cc1c(N[C@H]2CCCN(C(=O)OC(C)(C)C)C2)nc2ccnn2c1N(C(=O)OC(C)(C)C)c1ccc(C(=O)O)cc1. The lowest BCUT2D eigenvalue weighted by Gasteiger charge is -2.35. The second-order valence-corrected chi connectivity index (χ2v) is 12.1. The van der Waals surface area contributed by atoms with Gasteiger partial charge < -0.3 is 24.8 Å². The summed E-state index contributed by atoms with van der Waals surface area (Å²) in [4.78, 5) is 45.7. The topological polar surface area (TPSA) is 139 Å². The van der Waals surface area contributed by atoms with E-state index in [0.717, 1.165) is 12.8 Å². The summed E-state index contributed by atoms with van der Waals surface area (Å²) in [5.41, 5.74) is 0.199. The summed E-state index contributed by atoms with van der Waals surface area (Å²) in [7, 11) is 0. The van der Waals surface area contributed by atoms with E-state index >= 15 is 0 Å². The van der Waals surface area contributed by atoms with E-state index < -0.39 is 23.3 Å². The number of anilines is 3. The zero-order chi connectivity index (χ0) is 30.1. The fraction of sp³-hybridized carbons (Fsp3) is 0.483. The number of benzene rings is 1. The first-order valence-electron chi connectivity index (χ1n) is 13.6. The van der Waals surface area contributed by atoms with Crippen LogP contribution in [0.2, 0.25) is 0 Å². The Morgan fingerprint density at radius 3 is 2.29 bits per heavy atom. The molecule has 220 valence electrons. The van der Waals surface area contributed by atoms with Gasteiger partial charge in [0.2, 0.25) is 0 Å². The lowest BCUT2D eigenvalue weighted by molar-refractivity contribution is 0.0205. The molecule has 0 radical (unpaired) electrons. The van der Waals surface area contributed by atoms with E-state index in [1.54, 1.807) is 54.6 Å². The number of hydrogen-bond donors (Lipinski definition) is 2. The molecule has 3 heterocycles. The Labute approximate surface area is 239 Å². The Morgan fingerprint density at radius 2 is 1.68 bits per heavy atom. The number of amides is 2. The quantitative estimate of drug-likeness (QED) is 0.403. The van der Waals surface area contributed by atoms with Crippen LogP contribution in [0.15, 0.2) is 36.5 Å². The van der Waals surface area contributed by atoms with Crippen molar-refractivity contribution in [3.8, 4) is 0 Å². The molecule has 0 bridgehead atoms. The van der Waals surface area contributed by atoms with Crippen molar-refractivity contribution in [1.82, 2.24) is 19.5 Å². The van der Waals surface area contributed by atoms with Crippen molar-refractivity contribution in [2.24, 2.45) is 0 Å². The zero-order valence-corrected chi connectivity index (χ0v) is 24.6. The minimum atomic E-state index is -1.07. The molecule has 1 atom stereocenters. The Hall–Kier alpha value is -4.35. The molecule has 0 unspecified atom stereocenters. The van der Waals surface area contributed by atoms with Crippen LogP contribution in [0.1, 0.15) is 70.3 Å². The summed E-state index contributed by atoms with van der Waals surface area (Å²) in [5.74, 6) is -0.159. The number of hydrogen-bond acceptors (Lipinski definition) is 8. The van der Waals surface area contributed by atoms with E-state index in [0.29, 0.717) is 41.6 Å². The molecule has 2 N–H and O–H groups in total. The summed E-state index contributed by atoms with van der Waals surface area (Å²) in [6.45, 7) is 13.7. The van der Waals surface area contributed by atoms with Gasteiger partial charge in [0.15, 0.2) is 11.5 Å². The number of likely N-dealkylation sites (tertiary alicyclic amines) is 1. The summed E-state index contributed by atoms with van der Waals surface area (Å²) in [6, 6.07) is 7.58. The van der Waals surface area contributed by atoms with E-state index in [-0.39, 0.29) is 17.7 Å². The van der Waals surface area contributed by atoms with Gasteiger partial charge in [-0.3, -0.25) is 0 Å².